The number of Topliss-reactive ketones (excluding diaryl/α,β-unsaturated/α-hetero) is 1. The molecule has 1 aliphatic rings. The topological polar surface area (TPSA) is 20.3 Å². The highest BCUT2D eigenvalue weighted by atomic mass is 16.1. The van der Waals surface area contributed by atoms with Crippen LogP contribution in [0, 0.1) is 0 Å². The normalized spacial score (nSPS) is 25.2. The highest BCUT2D eigenvalue weighted by Gasteiger charge is 2.24. The molecule has 0 aromatic heterocycles. The van der Waals surface area contributed by atoms with E-state index in [1.54, 1.807) is 6.92 Å². The maximum Gasteiger partial charge on any atom is 0.146 e. The van der Waals surface area contributed by atoms with E-state index in [1.807, 2.05) is 6.08 Å². The Morgan fingerprint density at radius 2 is 2.42 bits per heavy atom. The SMILES string of the molecule is C=CCN1CCCCC1C(C)=O. The fourth-order valence-corrected chi connectivity index (χ4v) is 1.84. The number of carbonyl (C=O) groups excluding carboxylic acids is 1. The number of hydrogen-bond donors (Lipinski definition) is 0. The van der Waals surface area contributed by atoms with Crippen LogP contribution in [0.3, 0.4) is 0 Å². The fourth-order valence-electron chi connectivity index (χ4n) is 1.84. The summed E-state index contributed by atoms with van der Waals surface area (Å²) in [6.07, 6.45) is 5.32. The third-order valence-electron chi connectivity index (χ3n) is 2.45. The first-order valence-corrected chi connectivity index (χ1v) is 4.61. The number of likely N-dealkylation sites (tertiary alicyclic amines) is 1. The zero-order chi connectivity index (χ0) is 8.97. The Morgan fingerprint density at radius 1 is 1.67 bits per heavy atom. The van der Waals surface area contributed by atoms with E-state index in [9.17, 15) is 4.79 Å². The minimum atomic E-state index is 0.164. The van der Waals surface area contributed by atoms with Gasteiger partial charge in [-0.05, 0) is 26.3 Å². The Bertz CT molecular complexity index is 177. The molecule has 0 spiro atoms. The van der Waals surface area contributed by atoms with Crippen molar-refractivity contribution in [2.24, 2.45) is 0 Å². The van der Waals surface area contributed by atoms with E-state index in [1.165, 1.54) is 12.8 Å². The molecule has 68 valence electrons. The molecule has 0 saturated carbocycles. The summed E-state index contributed by atoms with van der Waals surface area (Å²) in [7, 11) is 0. The van der Waals surface area contributed by atoms with Crippen LogP contribution in [0.2, 0.25) is 0 Å². The van der Waals surface area contributed by atoms with Crippen molar-refractivity contribution in [1.82, 2.24) is 4.90 Å². The van der Waals surface area contributed by atoms with E-state index >= 15 is 0 Å². The molecule has 1 aliphatic heterocycles. The lowest BCUT2D eigenvalue weighted by Gasteiger charge is -2.32. The van der Waals surface area contributed by atoms with Gasteiger partial charge in [0.05, 0.1) is 6.04 Å². The number of piperidine rings is 1. The summed E-state index contributed by atoms with van der Waals surface area (Å²) in [5, 5.41) is 0. The van der Waals surface area contributed by atoms with Crippen molar-refractivity contribution < 1.29 is 4.79 Å². The quantitative estimate of drug-likeness (QED) is 0.595. The molecule has 2 heteroatoms. The molecule has 1 heterocycles. The van der Waals surface area contributed by atoms with Gasteiger partial charge in [-0.1, -0.05) is 12.5 Å². The second-order valence-corrected chi connectivity index (χ2v) is 3.41. The predicted octanol–water partition coefficient (Wildman–Crippen LogP) is 1.62. The number of nitrogens with zero attached hydrogens (tertiary/aromatic N) is 1. The lowest BCUT2D eigenvalue weighted by molar-refractivity contribution is -0.123. The van der Waals surface area contributed by atoms with Crippen LogP contribution in [0.5, 0.6) is 0 Å². The summed E-state index contributed by atoms with van der Waals surface area (Å²) < 4.78 is 0. The van der Waals surface area contributed by atoms with Crippen LogP contribution < -0.4 is 0 Å². The lowest BCUT2D eigenvalue weighted by atomic mass is 9.99. The van der Waals surface area contributed by atoms with Gasteiger partial charge in [0.1, 0.15) is 5.78 Å². The van der Waals surface area contributed by atoms with Crippen LogP contribution in [0.1, 0.15) is 26.2 Å². The van der Waals surface area contributed by atoms with Gasteiger partial charge in [0.2, 0.25) is 0 Å². The summed E-state index contributed by atoms with van der Waals surface area (Å²) in [6.45, 7) is 7.29. The number of hydrogen-bond acceptors (Lipinski definition) is 2. The zero-order valence-corrected chi connectivity index (χ0v) is 7.75. The van der Waals surface area contributed by atoms with Gasteiger partial charge < -0.3 is 0 Å². The van der Waals surface area contributed by atoms with E-state index in [0.717, 1.165) is 19.5 Å². The summed E-state index contributed by atoms with van der Waals surface area (Å²) in [5.74, 6) is 0.302. The molecule has 1 atom stereocenters. The Kier molecular flexibility index (Phi) is 3.48. The van der Waals surface area contributed by atoms with Crippen molar-refractivity contribution >= 4 is 5.78 Å². The van der Waals surface area contributed by atoms with Gasteiger partial charge in [-0.3, -0.25) is 9.69 Å². The molecule has 1 rings (SSSR count). The summed E-state index contributed by atoms with van der Waals surface area (Å²) in [6, 6.07) is 0.164. The smallest absolute Gasteiger partial charge is 0.146 e. The van der Waals surface area contributed by atoms with Crippen LogP contribution in [-0.2, 0) is 4.79 Å². The summed E-state index contributed by atoms with van der Waals surface area (Å²) in [5.41, 5.74) is 0. The highest BCUT2D eigenvalue weighted by Crippen LogP contribution is 2.17. The molecule has 1 unspecified atom stereocenters. The van der Waals surface area contributed by atoms with Gasteiger partial charge >= 0.3 is 0 Å². The molecule has 0 aromatic carbocycles. The Morgan fingerprint density at radius 3 is 3.00 bits per heavy atom. The Labute approximate surface area is 74.2 Å². The van der Waals surface area contributed by atoms with Crippen LogP contribution in [0.4, 0.5) is 0 Å². The molecule has 1 fully saturated rings. The van der Waals surface area contributed by atoms with Crippen molar-refractivity contribution in [3.8, 4) is 0 Å². The zero-order valence-electron chi connectivity index (χ0n) is 7.75. The maximum absolute atomic E-state index is 11.2. The summed E-state index contributed by atoms with van der Waals surface area (Å²) in [4.78, 5) is 13.4. The maximum atomic E-state index is 11.2. The van der Waals surface area contributed by atoms with Gasteiger partial charge in [0, 0.05) is 6.54 Å². The molecule has 2 nitrogen and oxygen atoms in total. The second-order valence-electron chi connectivity index (χ2n) is 3.41. The first-order chi connectivity index (χ1) is 5.75. The van der Waals surface area contributed by atoms with Crippen molar-refractivity contribution in [3.05, 3.63) is 12.7 Å². The van der Waals surface area contributed by atoms with E-state index in [4.69, 9.17) is 0 Å². The average Bonchev–Trinajstić information content (AvgIpc) is 2.05. The number of carbonyl (C=O) groups is 1. The minimum absolute atomic E-state index is 0.164. The monoisotopic (exact) mass is 167 g/mol. The van der Waals surface area contributed by atoms with Gasteiger partial charge in [-0.2, -0.15) is 0 Å². The van der Waals surface area contributed by atoms with Gasteiger partial charge in [0.15, 0.2) is 0 Å². The molecular formula is C10H17NO. The van der Waals surface area contributed by atoms with E-state index < -0.39 is 0 Å². The number of ketones is 1. The highest BCUT2D eigenvalue weighted by molar-refractivity contribution is 5.81. The molecule has 0 aliphatic carbocycles. The number of rotatable bonds is 3. The second kappa shape index (κ2) is 4.41. The summed E-state index contributed by atoms with van der Waals surface area (Å²) >= 11 is 0. The van der Waals surface area contributed by atoms with Crippen LogP contribution in [0.25, 0.3) is 0 Å². The predicted molar refractivity (Wildman–Crippen MR) is 50.1 cm³/mol. The molecule has 0 radical (unpaired) electrons. The minimum Gasteiger partial charge on any atom is -0.298 e. The lowest BCUT2D eigenvalue weighted by Crippen LogP contribution is -2.43. The van der Waals surface area contributed by atoms with Gasteiger partial charge in [-0.25, -0.2) is 0 Å². The third kappa shape index (κ3) is 2.18. The fraction of sp³-hybridized carbons (Fsp3) is 0.700. The van der Waals surface area contributed by atoms with Crippen LogP contribution in [-0.4, -0.2) is 29.8 Å². The van der Waals surface area contributed by atoms with Crippen LogP contribution >= 0.6 is 0 Å². The van der Waals surface area contributed by atoms with E-state index in [0.29, 0.717) is 5.78 Å². The Balaban J connectivity index is 2.53. The van der Waals surface area contributed by atoms with Crippen molar-refractivity contribution in [1.29, 1.82) is 0 Å². The molecule has 12 heavy (non-hydrogen) atoms. The van der Waals surface area contributed by atoms with E-state index in [-0.39, 0.29) is 6.04 Å². The largest absolute Gasteiger partial charge is 0.298 e. The standard InChI is InChI=1S/C10H17NO/c1-3-7-11-8-5-4-6-10(11)9(2)12/h3,10H,1,4-8H2,2H3. The molecular weight excluding hydrogens is 150 g/mol. The van der Waals surface area contributed by atoms with Crippen molar-refractivity contribution in [2.75, 3.05) is 13.1 Å². The first-order valence-electron chi connectivity index (χ1n) is 4.61. The van der Waals surface area contributed by atoms with Gasteiger partial charge in [0.25, 0.3) is 0 Å². The third-order valence-corrected chi connectivity index (χ3v) is 2.45. The molecule has 0 aromatic rings. The van der Waals surface area contributed by atoms with Crippen LogP contribution in [0.15, 0.2) is 12.7 Å². The molecule has 1 saturated heterocycles. The molecule has 0 N–H and O–H groups in total. The molecule has 0 amide bonds. The molecule has 0 bridgehead atoms. The first kappa shape index (κ1) is 9.46. The van der Waals surface area contributed by atoms with Crippen molar-refractivity contribution in [2.45, 2.75) is 32.2 Å². The van der Waals surface area contributed by atoms with E-state index in [2.05, 4.69) is 11.5 Å². The van der Waals surface area contributed by atoms with Gasteiger partial charge in [-0.15, -0.1) is 6.58 Å². The van der Waals surface area contributed by atoms with Crippen molar-refractivity contribution in [3.63, 3.8) is 0 Å². The average molecular weight is 167 g/mol. The Hall–Kier alpha value is -0.630.